The Morgan fingerprint density at radius 3 is 1.48 bits per heavy atom. The molecule has 0 aromatic heterocycles. The van der Waals surface area contributed by atoms with Gasteiger partial charge in [0.05, 0.1) is 0 Å². The molecule has 0 aromatic rings. The molecular weight excluding hydrogens is 284 g/mol. The number of aliphatic carboxylic acids is 1. The van der Waals surface area contributed by atoms with Crippen LogP contribution < -0.4 is 0 Å². The first-order valence-corrected chi connectivity index (χ1v) is 10.1. The number of hydrogen-bond donors (Lipinski definition) is 1. The van der Waals surface area contributed by atoms with Gasteiger partial charge in [0, 0.05) is 6.42 Å². The van der Waals surface area contributed by atoms with E-state index < -0.39 is 5.97 Å². The van der Waals surface area contributed by atoms with E-state index in [1.807, 2.05) is 0 Å². The van der Waals surface area contributed by atoms with E-state index in [9.17, 15) is 4.79 Å². The molecule has 0 atom stereocenters. The highest BCUT2D eigenvalue weighted by Gasteiger charge is 1.96. The molecule has 0 aliphatic heterocycles. The van der Waals surface area contributed by atoms with Crippen LogP contribution in [0.4, 0.5) is 0 Å². The second-order valence-electron chi connectivity index (χ2n) is 6.79. The van der Waals surface area contributed by atoms with Gasteiger partial charge in [-0.05, 0) is 32.1 Å². The molecule has 0 heterocycles. The summed E-state index contributed by atoms with van der Waals surface area (Å²) >= 11 is 0. The third-order valence-electron chi connectivity index (χ3n) is 4.40. The van der Waals surface area contributed by atoms with Crippen molar-refractivity contribution >= 4 is 5.97 Å². The summed E-state index contributed by atoms with van der Waals surface area (Å²) in [6.07, 6.45) is 25.6. The van der Waals surface area contributed by atoms with E-state index in [1.165, 1.54) is 89.9 Å². The van der Waals surface area contributed by atoms with Crippen LogP contribution in [-0.2, 0) is 4.79 Å². The van der Waals surface area contributed by atoms with Crippen LogP contribution in [0.1, 0.15) is 116 Å². The lowest BCUT2D eigenvalue weighted by Crippen LogP contribution is -1.93. The molecule has 0 radical (unpaired) electrons. The standard InChI is InChI=1S/C21H40O2/c1-2-3-4-5-6-7-8-9-10-11-12-13-14-15-16-17-18-19-20-21(22)23/h9-10H,2-8,11-20H2,1H3,(H,22,23). The van der Waals surface area contributed by atoms with Crippen LogP contribution in [-0.4, -0.2) is 11.1 Å². The smallest absolute Gasteiger partial charge is 0.303 e. The maximum absolute atomic E-state index is 10.4. The second-order valence-corrected chi connectivity index (χ2v) is 6.79. The van der Waals surface area contributed by atoms with Crippen LogP contribution >= 0.6 is 0 Å². The van der Waals surface area contributed by atoms with Gasteiger partial charge in [0.1, 0.15) is 0 Å². The fraction of sp³-hybridized carbons (Fsp3) is 0.857. The minimum atomic E-state index is -0.658. The molecule has 0 saturated heterocycles. The zero-order valence-electron chi connectivity index (χ0n) is 15.5. The van der Waals surface area contributed by atoms with Gasteiger partial charge in [-0.1, -0.05) is 89.7 Å². The van der Waals surface area contributed by atoms with Crippen LogP contribution in [0.25, 0.3) is 0 Å². The predicted molar refractivity (Wildman–Crippen MR) is 101 cm³/mol. The minimum Gasteiger partial charge on any atom is -0.481 e. The SMILES string of the molecule is CCCCCCCCC=CCCCCCCCCCCC(=O)O. The predicted octanol–water partition coefficient (Wildman–Crippen LogP) is 7.28. The molecule has 0 unspecified atom stereocenters. The largest absolute Gasteiger partial charge is 0.481 e. The van der Waals surface area contributed by atoms with Crippen LogP contribution in [0.3, 0.4) is 0 Å². The molecule has 0 rings (SSSR count). The number of unbranched alkanes of at least 4 members (excludes halogenated alkanes) is 14. The lowest BCUT2D eigenvalue weighted by atomic mass is 10.1. The monoisotopic (exact) mass is 324 g/mol. The summed E-state index contributed by atoms with van der Waals surface area (Å²) in [6.45, 7) is 2.27. The topological polar surface area (TPSA) is 37.3 Å². The Morgan fingerprint density at radius 2 is 1.04 bits per heavy atom. The van der Waals surface area contributed by atoms with Crippen molar-refractivity contribution in [2.45, 2.75) is 116 Å². The molecule has 0 saturated carbocycles. The van der Waals surface area contributed by atoms with Crippen molar-refractivity contribution in [2.75, 3.05) is 0 Å². The second kappa shape index (κ2) is 19.3. The van der Waals surface area contributed by atoms with Gasteiger partial charge in [0.2, 0.25) is 0 Å². The van der Waals surface area contributed by atoms with Crippen molar-refractivity contribution in [1.29, 1.82) is 0 Å². The van der Waals surface area contributed by atoms with Gasteiger partial charge in [-0.25, -0.2) is 0 Å². The molecule has 0 spiro atoms. The van der Waals surface area contributed by atoms with Crippen molar-refractivity contribution in [1.82, 2.24) is 0 Å². The first-order chi connectivity index (χ1) is 11.3. The molecule has 0 aliphatic carbocycles. The number of carbonyl (C=O) groups is 1. The van der Waals surface area contributed by atoms with E-state index in [0.717, 1.165) is 12.8 Å². The van der Waals surface area contributed by atoms with E-state index in [0.29, 0.717) is 6.42 Å². The number of allylic oxidation sites excluding steroid dienone is 2. The quantitative estimate of drug-likeness (QED) is 0.212. The molecule has 0 bridgehead atoms. The maximum atomic E-state index is 10.4. The van der Waals surface area contributed by atoms with E-state index in [4.69, 9.17) is 5.11 Å². The first-order valence-electron chi connectivity index (χ1n) is 10.1. The van der Waals surface area contributed by atoms with Crippen LogP contribution in [0.15, 0.2) is 12.2 Å². The summed E-state index contributed by atoms with van der Waals surface area (Å²) in [7, 11) is 0. The van der Waals surface area contributed by atoms with Gasteiger partial charge in [0.15, 0.2) is 0 Å². The first kappa shape index (κ1) is 22.2. The van der Waals surface area contributed by atoms with Crippen molar-refractivity contribution in [3.05, 3.63) is 12.2 Å². The lowest BCUT2D eigenvalue weighted by Gasteiger charge is -2.01. The summed E-state index contributed by atoms with van der Waals surface area (Å²) in [6, 6.07) is 0. The number of carboxylic acid groups (broad SMARTS) is 1. The van der Waals surface area contributed by atoms with Crippen LogP contribution in [0.2, 0.25) is 0 Å². The third kappa shape index (κ3) is 21.2. The van der Waals surface area contributed by atoms with Crippen LogP contribution in [0, 0.1) is 0 Å². The number of carboxylic acids is 1. The maximum Gasteiger partial charge on any atom is 0.303 e. The number of hydrogen-bond acceptors (Lipinski definition) is 1. The molecule has 2 heteroatoms. The van der Waals surface area contributed by atoms with E-state index in [1.54, 1.807) is 0 Å². The van der Waals surface area contributed by atoms with Crippen molar-refractivity contribution in [2.24, 2.45) is 0 Å². The lowest BCUT2D eigenvalue weighted by molar-refractivity contribution is -0.137. The average Bonchev–Trinajstić information content (AvgIpc) is 2.53. The molecular formula is C21H40O2. The minimum absolute atomic E-state index is 0.338. The summed E-state index contributed by atoms with van der Waals surface area (Å²) in [4.78, 5) is 10.4. The molecule has 1 N–H and O–H groups in total. The van der Waals surface area contributed by atoms with Gasteiger partial charge in [-0.15, -0.1) is 0 Å². The highest BCUT2D eigenvalue weighted by Crippen LogP contribution is 2.11. The molecule has 23 heavy (non-hydrogen) atoms. The third-order valence-corrected chi connectivity index (χ3v) is 4.40. The summed E-state index contributed by atoms with van der Waals surface area (Å²) in [5.74, 6) is -0.658. The Balaban J connectivity index is 3.06. The van der Waals surface area contributed by atoms with Gasteiger partial charge in [0.25, 0.3) is 0 Å². The van der Waals surface area contributed by atoms with Crippen molar-refractivity contribution in [3.63, 3.8) is 0 Å². The molecule has 2 nitrogen and oxygen atoms in total. The highest BCUT2D eigenvalue weighted by atomic mass is 16.4. The average molecular weight is 325 g/mol. The van der Waals surface area contributed by atoms with E-state index in [-0.39, 0.29) is 0 Å². The summed E-state index contributed by atoms with van der Waals surface area (Å²) in [5, 5.41) is 8.54. The van der Waals surface area contributed by atoms with Crippen LogP contribution in [0.5, 0.6) is 0 Å². The molecule has 0 amide bonds. The van der Waals surface area contributed by atoms with E-state index in [2.05, 4.69) is 19.1 Å². The highest BCUT2D eigenvalue weighted by molar-refractivity contribution is 5.66. The fourth-order valence-corrected chi connectivity index (χ4v) is 2.88. The van der Waals surface area contributed by atoms with Gasteiger partial charge in [-0.3, -0.25) is 4.79 Å². The molecule has 0 aromatic carbocycles. The van der Waals surface area contributed by atoms with Crippen molar-refractivity contribution in [3.8, 4) is 0 Å². The fourth-order valence-electron chi connectivity index (χ4n) is 2.88. The van der Waals surface area contributed by atoms with Gasteiger partial charge >= 0.3 is 5.97 Å². The molecule has 0 aliphatic rings. The molecule has 0 fully saturated rings. The Labute approximate surface area is 144 Å². The summed E-state index contributed by atoms with van der Waals surface area (Å²) in [5.41, 5.74) is 0. The zero-order chi connectivity index (χ0) is 17.0. The Bertz CT molecular complexity index is 271. The number of rotatable bonds is 18. The normalized spacial score (nSPS) is 11.3. The molecule has 136 valence electrons. The van der Waals surface area contributed by atoms with Crippen molar-refractivity contribution < 1.29 is 9.90 Å². The Hall–Kier alpha value is -0.790. The Kier molecular flexibility index (Phi) is 18.6. The van der Waals surface area contributed by atoms with E-state index >= 15 is 0 Å². The Morgan fingerprint density at radius 1 is 0.652 bits per heavy atom. The van der Waals surface area contributed by atoms with Gasteiger partial charge in [-0.2, -0.15) is 0 Å². The van der Waals surface area contributed by atoms with Gasteiger partial charge < -0.3 is 5.11 Å². The zero-order valence-corrected chi connectivity index (χ0v) is 15.5. The summed E-state index contributed by atoms with van der Waals surface area (Å²) < 4.78 is 0.